The molecule has 3 N–H and O–H groups in total. The van der Waals surface area contributed by atoms with Crippen molar-refractivity contribution in [2.75, 3.05) is 11.9 Å². The summed E-state index contributed by atoms with van der Waals surface area (Å²) in [5.41, 5.74) is -1.55. The largest absolute Gasteiger partial charge is 0.396 e. The van der Waals surface area contributed by atoms with Gasteiger partial charge in [-0.15, -0.1) is 0 Å². The zero-order valence-electron chi connectivity index (χ0n) is 17.9. The summed E-state index contributed by atoms with van der Waals surface area (Å²) in [6.45, 7) is -0.189. The van der Waals surface area contributed by atoms with E-state index in [4.69, 9.17) is 11.6 Å². The molecule has 6 nitrogen and oxygen atoms in total. The zero-order valence-corrected chi connectivity index (χ0v) is 19.5. The first kappa shape index (κ1) is 25.0. The molecule has 2 aliphatic carbocycles. The van der Waals surface area contributed by atoms with Crippen LogP contribution < -0.4 is 5.32 Å². The van der Waals surface area contributed by atoms with E-state index in [2.05, 4.69) is 5.32 Å². The van der Waals surface area contributed by atoms with E-state index in [1.807, 2.05) is 0 Å². The second-order valence-electron chi connectivity index (χ2n) is 8.93. The van der Waals surface area contributed by atoms with Gasteiger partial charge in [-0.3, -0.25) is 4.79 Å². The van der Waals surface area contributed by atoms with E-state index in [-0.39, 0.29) is 58.9 Å². The average Bonchev–Trinajstić information content (AvgIpc) is 2.93. The van der Waals surface area contributed by atoms with Crippen LogP contribution in [0.1, 0.15) is 42.5 Å². The molecule has 0 saturated heterocycles. The van der Waals surface area contributed by atoms with Gasteiger partial charge in [-0.05, 0) is 62.1 Å². The number of nitrogens with one attached hydrogen (secondary N) is 1. The molecule has 2 unspecified atom stereocenters. The van der Waals surface area contributed by atoms with Crippen LogP contribution in [0.5, 0.6) is 0 Å². The zero-order chi connectivity index (χ0) is 24.8. The number of amides is 1. The Hall–Kier alpha value is -2.14. The third-order valence-corrected chi connectivity index (χ3v) is 9.72. The van der Waals surface area contributed by atoms with Gasteiger partial charge < -0.3 is 15.5 Å². The highest BCUT2D eigenvalue weighted by atomic mass is 35.5. The minimum Gasteiger partial charge on any atom is -0.396 e. The molecule has 4 rings (SSSR count). The first-order valence-corrected chi connectivity index (χ1v) is 12.7. The lowest BCUT2D eigenvalue weighted by Gasteiger charge is -2.42. The van der Waals surface area contributed by atoms with Crippen molar-refractivity contribution in [3.05, 3.63) is 58.4 Å². The first-order chi connectivity index (χ1) is 16.0. The predicted molar refractivity (Wildman–Crippen MR) is 119 cm³/mol. The fourth-order valence-electron chi connectivity index (χ4n) is 5.32. The highest BCUT2D eigenvalue weighted by Gasteiger charge is 2.55. The Morgan fingerprint density at radius 3 is 2.24 bits per heavy atom. The fourth-order valence-corrected chi connectivity index (χ4v) is 7.73. The van der Waals surface area contributed by atoms with E-state index in [9.17, 15) is 36.6 Å². The van der Waals surface area contributed by atoms with Crippen LogP contribution in [0.2, 0.25) is 5.02 Å². The number of aliphatic hydroxyl groups excluding tert-OH is 1. The maximum Gasteiger partial charge on any atom is 0.255 e. The summed E-state index contributed by atoms with van der Waals surface area (Å²) in [4.78, 5) is 12.4. The number of halogens is 4. The van der Waals surface area contributed by atoms with Gasteiger partial charge in [0.1, 0.15) is 0 Å². The highest BCUT2D eigenvalue weighted by Crippen LogP contribution is 2.53. The Morgan fingerprint density at radius 2 is 1.68 bits per heavy atom. The molecule has 2 saturated carbocycles. The SMILES string of the molecule is O=C(Nc1cc(F)c(F)c(F)c1)c1ccc(Cl)c(S(=O)(=O)[C@H]2CC3CCC(C2)[C@]3(O)CCO)c1. The predicted octanol–water partition coefficient (Wildman–Crippen LogP) is 4.09. The molecule has 2 aromatic rings. The highest BCUT2D eigenvalue weighted by molar-refractivity contribution is 7.92. The third kappa shape index (κ3) is 4.32. The van der Waals surface area contributed by atoms with Gasteiger partial charge in [0.2, 0.25) is 0 Å². The lowest BCUT2D eigenvalue weighted by atomic mass is 9.72. The number of hydrogen-bond donors (Lipinski definition) is 3. The van der Waals surface area contributed by atoms with E-state index in [1.54, 1.807) is 0 Å². The van der Waals surface area contributed by atoms with Crippen LogP contribution in [-0.4, -0.2) is 42.0 Å². The topological polar surface area (TPSA) is 104 Å². The van der Waals surface area contributed by atoms with Gasteiger partial charge in [0.15, 0.2) is 27.3 Å². The normalized spacial score (nSPS) is 26.5. The van der Waals surface area contributed by atoms with Crippen molar-refractivity contribution in [2.24, 2.45) is 11.8 Å². The molecule has 0 heterocycles. The van der Waals surface area contributed by atoms with Gasteiger partial charge in [0.05, 0.1) is 20.8 Å². The van der Waals surface area contributed by atoms with Crippen molar-refractivity contribution >= 4 is 33.0 Å². The Bertz CT molecular complexity index is 1200. The molecule has 11 heteroatoms. The summed E-state index contributed by atoms with van der Waals surface area (Å²) in [6, 6.07) is 4.82. The number of benzene rings is 2. The molecule has 2 bridgehead atoms. The molecule has 2 aromatic carbocycles. The summed E-state index contributed by atoms with van der Waals surface area (Å²) in [6.07, 6.45) is 1.92. The molecule has 0 spiro atoms. The van der Waals surface area contributed by atoms with Crippen LogP contribution in [0, 0.1) is 29.3 Å². The molecule has 0 aliphatic heterocycles. The van der Waals surface area contributed by atoms with Crippen LogP contribution in [-0.2, 0) is 9.84 Å². The molecular weight excluding hydrogens is 495 g/mol. The minimum atomic E-state index is -3.99. The Kier molecular flexibility index (Phi) is 6.71. The number of sulfone groups is 1. The molecule has 2 fully saturated rings. The molecule has 184 valence electrons. The summed E-state index contributed by atoms with van der Waals surface area (Å²) in [5.74, 6) is -6.05. The van der Waals surface area contributed by atoms with Crippen molar-refractivity contribution in [1.82, 2.24) is 0 Å². The monoisotopic (exact) mass is 517 g/mol. The summed E-state index contributed by atoms with van der Waals surface area (Å²) >= 11 is 6.18. The van der Waals surface area contributed by atoms with E-state index in [1.165, 1.54) is 12.1 Å². The molecule has 0 aromatic heterocycles. The lowest BCUT2D eigenvalue weighted by Crippen LogP contribution is -2.48. The van der Waals surface area contributed by atoms with E-state index >= 15 is 0 Å². The summed E-state index contributed by atoms with van der Waals surface area (Å²) in [5, 5.41) is 21.6. The van der Waals surface area contributed by atoms with Gasteiger partial charge in [-0.2, -0.15) is 0 Å². The van der Waals surface area contributed by atoms with Gasteiger partial charge in [-0.1, -0.05) is 11.6 Å². The van der Waals surface area contributed by atoms with Crippen LogP contribution in [0.25, 0.3) is 0 Å². The fraction of sp³-hybridized carbons (Fsp3) is 0.435. The molecule has 2 aliphatic rings. The number of anilines is 1. The Balaban J connectivity index is 1.59. The van der Waals surface area contributed by atoms with Crippen molar-refractivity contribution in [1.29, 1.82) is 0 Å². The van der Waals surface area contributed by atoms with E-state index in [0.29, 0.717) is 25.0 Å². The van der Waals surface area contributed by atoms with Crippen molar-refractivity contribution in [3.63, 3.8) is 0 Å². The Labute approximate surface area is 199 Å². The number of hydrogen-bond acceptors (Lipinski definition) is 5. The van der Waals surface area contributed by atoms with Crippen LogP contribution in [0.4, 0.5) is 18.9 Å². The quantitative estimate of drug-likeness (QED) is 0.501. The maximum absolute atomic E-state index is 13.5. The lowest BCUT2D eigenvalue weighted by molar-refractivity contribution is -0.0734. The first-order valence-electron chi connectivity index (χ1n) is 10.8. The van der Waals surface area contributed by atoms with Gasteiger partial charge in [0, 0.05) is 30.0 Å². The second-order valence-corrected chi connectivity index (χ2v) is 11.5. The van der Waals surface area contributed by atoms with Crippen LogP contribution in [0.3, 0.4) is 0 Å². The van der Waals surface area contributed by atoms with Crippen molar-refractivity contribution in [2.45, 2.75) is 47.9 Å². The third-order valence-electron chi connectivity index (χ3n) is 7.07. The number of carbonyl (C=O) groups excluding carboxylic acids is 1. The van der Waals surface area contributed by atoms with E-state index < -0.39 is 44.0 Å². The van der Waals surface area contributed by atoms with Gasteiger partial charge >= 0.3 is 0 Å². The number of rotatable bonds is 6. The smallest absolute Gasteiger partial charge is 0.255 e. The van der Waals surface area contributed by atoms with Crippen LogP contribution in [0.15, 0.2) is 35.2 Å². The minimum absolute atomic E-state index is 0.0843. The number of carbonyl (C=O) groups is 1. The van der Waals surface area contributed by atoms with Crippen molar-refractivity contribution < 1.29 is 36.6 Å². The molecular formula is C23H23ClF3NO5S. The van der Waals surface area contributed by atoms with Crippen molar-refractivity contribution in [3.8, 4) is 0 Å². The number of aliphatic hydroxyl groups is 2. The Morgan fingerprint density at radius 1 is 1.09 bits per heavy atom. The number of fused-ring (bicyclic) bond motifs is 2. The summed E-state index contributed by atoms with van der Waals surface area (Å²) in [7, 11) is -3.99. The molecule has 2 atom stereocenters. The van der Waals surface area contributed by atoms with Crippen LogP contribution >= 0.6 is 11.6 Å². The second kappa shape index (κ2) is 9.14. The molecule has 34 heavy (non-hydrogen) atoms. The van der Waals surface area contributed by atoms with Gasteiger partial charge in [-0.25, -0.2) is 21.6 Å². The molecule has 0 radical (unpaired) electrons. The van der Waals surface area contributed by atoms with Gasteiger partial charge in [0.25, 0.3) is 5.91 Å². The van der Waals surface area contributed by atoms with E-state index in [0.717, 1.165) is 6.07 Å². The standard InChI is InChI=1S/C23H23ClF3NO5S/c24-17-4-1-12(22(30)28-15-10-18(25)21(27)19(26)11-15)7-20(17)34(32,33)16-8-13-2-3-14(9-16)23(13,31)5-6-29/h1,4,7,10-11,13-14,16,29,31H,2-3,5-6,8-9H2,(H,28,30)/t13?,14?,16-,23-. The molecule has 1 amide bonds. The summed E-state index contributed by atoms with van der Waals surface area (Å²) < 4.78 is 67.0. The average molecular weight is 518 g/mol. The maximum atomic E-state index is 13.5.